The summed E-state index contributed by atoms with van der Waals surface area (Å²) in [5.41, 5.74) is 2.37. The van der Waals surface area contributed by atoms with Crippen molar-refractivity contribution < 1.29 is 0 Å². The Morgan fingerprint density at radius 1 is 1.47 bits per heavy atom. The molecule has 1 unspecified atom stereocenters. The number of rotatable bonds is 3. The molecule has 2 N–H and O–H groups in total. The second kappa shape index (κ2) is 4.81. The summed E-state index contributed by atoms with van der Waals surface area (Å²) in [4.78, 5) is 4.49. The van der Waals surface area contributed by atoms with E-state index in [1.807, 2.05) is 16.8 Å². The minimum absolute atomic E-state index is 0.297. The second-order valence-corrected chi connectivity index (χ2v) is 5.89. The standard InChI is InChI=1S/C14H21N5/c1-11-4-5-12-17-13(18-19(12)8-11)16-10-14(2)6-3-7-15-9-14/h4-5,8,15H,3,6-7,9-10H2,1-2H3,(H,16,18). The van der Waals surface area contributed by atoms with E-state index >= 15 is 0 Å². The van der Waals surface area contributed by atoms with Gasteiger partial charge in [-0.2, -0.15) is 4.98 Å². The van der Waals surface area contributed by atoms with Gasteiger partial charge in [0.15, 0.2) is 5.65 Å². The van der Waals surface area contributed by atoms with Gasteiger partial charge in [-0.3, -0.25) is 0 Å². The van der Waals surface area contributed by atoms with Crippen LogP contribution in [0.3, 0.4) is 0 Å². The molecule has 0 radical (unpaired) electrons. The molecule has 102 valence electrons. The first kappa shape index (κ1) is 12.4. The van der Waals surface area contributed by atoms with Gasteiger partial charge in [0.25, 0.3) is 0 Å². The van der Waals surface area contributed by atoms with Crippen molar-refractivity contribution in [1.29, 1.82) is 0 Å². The average Bonchev–Trinajstić information content (AvgIpc) is 2.79. The van der Waals surface area contributed by atoms with Crippen molar-refractivity contribution in [3.05, 3.63) is 23.9 Å². The largest absolute Gasteiger partial charge is 0.352 e. The summed E-state index contributed by atoms with van der Waals surface area (Å²) >= 11 is 0. The SMILES string of the molecule is Cc1ccc2nc(NCC3(C)CCCNC3)nn2c1. The smallest absolute Gasteiger partial charge is 0.243 e. The predicted octanol–water partition coefficient (Wildman–Crippen LogP) is 1.84. The van der Waals surface area contributed by atoms with Crippen LogP contribution in [0.5, 0.6) is 0 Å². The number of aromatic nitrogens is 3. The molecule has 1 aliphatic heterocycles. The van der Waals surface area contributed by atoms with E-state index in [9.17, 15) is 0 Å². The minimum Gasteiger partial charge on any atom is -0.352 e. The van der Waals surface area contributed by atoms with Gasteiger partial charge in [0.05, 0.1) is 0 Å². The number of pyridine rings is 1. The number of nitrogens with zero attached hydrogens (tertiary/aromatic N) is 3. The van der Waals surface area contributed by atoms with E-state index in [2.05, 4.69) is 40.6 Å². The first-order chi connectivity index (χ1) is 9.15. The van der Waals surface area contributed by atoms with E-state index in [1.54, 1.807) is 0 Å². The molecule has 1 atom stereocenters. The summed E-state index contributed by atoms with van der Waals surface area (Å²) in [6.07, 6.45) is 4.49. The average molecular weight is 259 g/mol. The Kier molecular flexibility index (Phi) is 3.14. The molecule has 0 saturated carbocycles. The van der Waals surface area contributed by atoms with Crippen molar-refractivity contribution in [3.8, 4) is 0 Å². The number of nitrogens with one attached hydrogen (secondary N) is 2. The first-order valence-electron chi connectivity index (χ1n) is 6.92. The molecule has 0 aliphatic carbocycles. The monoisotopic (exact) mass is 259 g/mol. The Balaban J connectivity index is 1.71. The van der Waals surface area contributed by atoms with Crippen LogP contribution in [0.2, 0.25) is 0 Å². The van der Waals surface area contributed by atoms with Crippen LogP contribution in [0.4, 0.5) is 5.95 Å². The van der Waals surface area contributed by atoms with Crippen LogP contribution in [-0.2, 0) is 0 Å². The van der Waals surface area contributed by atoms with Crippen molar-refractivity contribution in [3.63, 3.8) is 0 Å². The van der Waals surface area contributed by atoms with Crippen LogP contribution in [0.1, 0.15) is 25.3 Å². The van der Waals surface area contributed by atoms with E-state index in [-0.39, 0.29) is 0 Å². The summed E-state index contributed by atoms with van der Waals surface area (Å²) in [6.45, 7) is 7.49. The lowest BCUT2D eigenvalue weighted by atomic mass is 9.83. The molecule has 0 bridgehead atoms. The molecule has 3 heterocycles. The lowest BCUT2D eigenvalue weighted by Gasteiger charge is -2.34. The zero-order chi connectivity index (χ0) is 13.3. The lowest BCUT2D eigenvalue weighted by Crippen LogP contribution is -2.42. The van der Waals surface area contributed by atoms with Crippen LogP contribution in [0, 0.1) is 12.3 Å². The fourth-order valence-electron chi connectivity index (χ4n) is 2.62. The molecule has 1 saturated heterocycles. The maximum absolute atomic E-state index is 4.49. The van der Waals surface area contributed by atoms with Crippen molar-refractivity contribution >= 4 is 11.6 Å². The number of piperidine rings is 1. The Morgan fingerprint density at radius 2 is 2.37 bits per heavy atom. The third-order valence-corrected chi connectivity index (χ3v) is 3.84. The second-order valence-electron chi connectivity index (χ2n) is 5.89. The molecule has 2 aromatic rings. The summed E-state index contributed by atoms with van der Waals surface area (Å²) in [5, 5.41) is 11.3. The number of anilines is 1. The molecule has 3 rings (SSSR count). The molecule has 19 heavy (non-hydrogen) atoms. The highest BCUT2D eigenvalue weighted by Crippen LogP contribution is 2.25. The van der Waals surface area contributed by atoms with Crippen LogP contribution >= 0.6 is 0 Å². The molecule has 5 nitrogen and oxygen atoms in total. The number of hydrogen-bond acceptors (Lipinski definition) is 4. The molecule has 2 aromatic heterocycles. The quantitative estimate of drug-likeness (QED) is 0.883. The summed E-state index contributed by atoms with van der Waals surface area (Å²) < 4.78 is 1.83. The van der Waals surface area contributed by atoms with Gasteiger partial charge in [0.1, 0.15) is 0 Å². The van der Waals surface area contributed by atoms with E-state index in [4.69, 9.17) is 0 Å². The Hall–Kier alpha value is -1.62. The molecule has 0 amide bonds. The van der Waals surface area contributed by atoms with Gasteiger partial charge in [-0.05, 0) is 43.4 Å². The normalized spacial score (nSPS) is 23.7. The molecular formula is C14H21N5. The molecule has 1 fully saturated rings. The van der Waals surface area contributed by atoms with Crippen LogP contribution in [0.15, 0.2) is 18.3 Å². The highest BCUT2D eigenvalue weighted by molar-refractivity contribution is 5.44. The molecule has 1 aliphatic rings. The third-order valence-electron chi connectivity index (χ3n) is 3.84. The fraction of sp³-hybridized carbons (Fsp3) is 0.571. The van der Waals surface area contributed by atoms with Gasteiger partial charge in [-0.15, -0.1) is 5.10 Å². The van der Waals surface area contributed by atoms with Crippen molar-refractivity contribution in [2.24, 2.45) is 5.41 Å². The zero-order valence-corrected chi connectivity index (χ0v) is 11.6. The first-order valence-corrected chi connectivity index (χ1v) is 6.92. The zero-order valence-electron chi connectivity index (χ0n) is 11.6. The van der Waals surface area contributed by atoms with Crippen LogP contribution in [-0.4, -0.2) is 34.2 Å². The highest BCUT2D eigenvalue weighted by Gasteiger charge is 2.26. The van der Waals surface area contributed by atoms with Crippen molar-refractivity contribution in [1.82, 2.24) is 19.9 Å². The van der Waals surface area contributed by atoms with Crippen molar-refractivity contribution in [2.75, 3.05) is 25.0 Å². The van der Waals surface area contributed by atoms with Crippen LogP contribution in [0.25, 0.3) is 5.65 Å². The Labute approximate surface area is 113 Å². The Bertz CT molecular complexity index is 568. The molecule has 0 spiro atoms. The predicted molar refractivity (Wildman–Crippen MR) is 76.4 cm³/mol. The minimum atomic E-state index is 0.297. The Morgan fingerprint density at radius 3 is 3.16 bits per heavy atom. The molecule has 5 heteroatoms. The topological polar surface area (TPSA) is 54.2 Å². The van der Waals surface area contributed by atoms with Gasteiger partial charge in [0.2, 0.25) is 5.95 Å². The van der Waals surface area contributed by atoms with E-state index in [0.717, 1.165) is 31.2 Å². The van der Waals surface area contributed by atoms with Gasteiger partial charge in [-0.1, -0.05) is 13.0 Å². The maximum atomic E-state index is 4.49. The third kappa shape index (κ3) is 2.71. The summed E-state index contributed by atoms with van der Waals surface area (Å²) in [6, 6.07) is 4.05. The molecule has 0 aromatic carbocycles. The number of fused-ring (bicyclic) bond motifs is 1. The van der Waals surface area contributed by atoms with E-state index in [0.29, 0.717) is 5.41 Å². The fourth-order valence-corrected chi connectivity index (χ4v) is 2.62. The maximum Gasteiger partial charge on any atom is 0.243 e. The number of hydrogen-bond donors (Lipinski definition) is 2. The highest BCUT2D eigenvalue weighted by atomic mass is 15.3. The van der Waals surface area contributed by atoms with Gasteiger partial charge in [0, 0.05) is 19.3 Å². The van der Waals surface area contributed by atoms with E-state index < -0.39 is 0 Å². The van der Waals surface area contributed by atoms with Crippen LogP contribution < -0.4 is 10.6 Å². The summed E-state index contributed by atoms with van der Waals surface area (Å²) in [7, 11) is 0. The summed E-state index contributed by atoms with van der Waals surface area (Å²) in [5.74, 6) is 0.720. The number of aryl methyl sites for hydroxylation is 1. The van der Waals surface area contributed by atoms with Gasteiger partial charge in [-0.25, -0.2) is 4.52 Å². The lowest BCUT2D eigenvalue weighted by molar-refractivity contribution is 0.253. The van der Waals surface area contributed by atoms with Gasteiger partial charge >= 0.3 is 0 Å². The molecular weight excluding hydrogens is 238 g/mol. The van der Waals surface area contributed by atoms with Gasteiger partial charge < -0.3 is 10.6 Å². The van der Waals surface area contributed by atoms with E-state index in [1.165, 1.54) is 18.4 Å². The van der Waals surface area contributed by atoms with Crippen molar-refractivity contribution in [2.45, 2.75) is 26.7 Å².